The second-order valence-electron chi connectivity index (χ2n) is 8.68. The first-order valence-electron chi connectivity index (χ1n) is 8.70. The van der Waals surface area contributed by atoms with E-state index in [1.54, 1.807) is 33.0 Å². The summed E-state index contributed by atoms with van der Waals surface area (Å²) in [6.45, 7) is 13.2. The molecular formula is C19H25BFNO4. The van der Waals surface area contributed by atoms with Crippen LogP contribution in [0.3, 0.4) is 0 Å². The lowest BCUT2D eigenvalue weighted by atomic mass is 9.79. The molecule has 1 aliphatic rings. The number of carbonyl (C=O) groups is 1. The van der Waals surface area contributed by atoms with E-state index in [4.69, 9.17) is 14.0 Å². The molecule has 0 bridgehead atoms. The quantitative estimate of drug-likeness (QED) is 0.724. The molecule has 26 heavy (non-hydrogen) atoms. The molecule has 0 atom stereocenters. The number of fused-ring (bicyclic) bond motifs is 1. The number of ether oxygens (including phenoxy) is 1. The number of hydrogen-bond acceptors (Lipinski definition) is 4. The molecule has 0 radical (unpaired) electrons. The van der Waals surface area contributed by atoms with Crippen LogP contribution in [0.25, 0.3) is 10.9 Å². The third-order valence-electron chi connectivity index (χ3n) is 4.89. The van der Waals surface area contributed by atoms with Crippen LogP contribution in [0.1, 0.15) is 48.5 Å². The molecule has 0 N–H and O–H groups in total. The van der Waals surface area contributed by atoms with Crippen molar-refractivity contribution >= 4 is 29.6 Å². The van der Waals surface area contributed by atoms with Gasteiger partial charge in [-0.3, -0.25) is 4.57 Å². The van der Waals surface area contributed by atoms with Crippen molar-refractivity contribution in [1.82, 2.24) is 4.57 Å². The van der Waals surface area contributed by atoms with E-state index in [0.717, 1.165) is 0 Å². The van der Waals surface area contributed by atoms with Gasteiger partial charge in [0.05, 0.1) is 16.7 Å². The highest BCUT2D eigenvalue weighted by atomic mass is 19.1. The van der Waals surface area contributed by atoms with Crippen LogP contribution in [0.15, 0.2) is 24.4 Å². The van der Waals surface area contributed by atoms with E-state index in [-0.39, 0.29) is 0 Å². The van der Waals surface area contributed by atoms with E-state index in [0.29, 0.717) is 16.4 Å². The molecule has 1 saturated heterocycles. The molecule has 7 heteroatoms. The summed E-state index contributed by atoms with van der Waals surface area (Å²) in [6, 6.07) is 4.26. The van der Waals surface area contributed by atoms with Gasteiger partial charge in [0.25, 0.3) is 0 Å². The molecule has 1 aromatic carbocycles. The maximum absolute atomic E-state index is 13.9. The standard InChI is InChI=1S/C19H25BFNO4/c1-17(2,3)24-16(23)22-11-14(13-10-12(21)8-9-15(13)22)20-25-18(4,5)19(6,7)26-20/h8-11H,1-7H3. The van der Waals surface area contributed by atoms with Gasteiger partial charge < -0.3 is 14.0 Å². The Balaban J connectivity index is 2.10. The van der Waals surface area contributed by atoms with Gasteiger partial charge in [0.15, 0.2) is 0 Å². The van der Waals surface area contributed by atoms with Gasteiger partial charge in [-0.1, -0.05) is 0 Å². The van der Waals surface area contributed by atoms with Gasteiger partial charge in [-0.05, 0) is 66.7 Å². The summed E-state index contributed by atoms with van der Waals surface area (Å²) < 4.78 is 32.9. The first-order valence-corrected chi connectivity index (χ1v) is 8.70. The lowest BCUT2D eigenvalue weighted by Crippen LogP contribution is -2.41. The van der Waals surface area contributed by atoms with Crippen LogP contribution < -0.4 is 5.46 Å². The molecule has 3 rings (SSSR count). The summed E-state index contributed by atoms with van der Waals surface area (Å²) >= 11 is 0. The largest absolute Gasteiger partial charge is 0.497 e. The highest BCUT2D eigenvalue weighted by Crippen LogP contribution is 2.37. The number of halogens is 1. The molecule has 2 aromatic rings. The number of carbonyl (C=O) groups excluding carboxylic acids is 1. The van der Waals surface area contributed by atoms with Crippen molar-refractivity contribution in [1.29, 1.82) is 0 Å². The average Bonchev–Trinajstić information content (AvgIpc) is 2.91. The summed E-state index contributed by atoms with van der Waals surface area (Å²) in [7, 11) is -0.701. The minimum absolute atomic E-state index is 0.391. The summed E-state index contributed by atoms with van der Waals surface area (Å²) in [5.41, 5.74) is -0.566. The van der Waals surface area contributed by atoms with Crippen molar-refractivity contribution in [2.45, 2.75) is 65.3 Å². The van der Waals surface area contributed by atoms with Crippen LogP contribution in [-0.4, -0.2) is 34.6 Å². The van der Waals surface area contributed by atoms with Crippen molar-refractivity contribution in [3.8, 4) is 0 Å². The van der Waals surface area contributed by atoms with Gasteiger partial charge in [-0.25, -0.2) is 9.18 Å². The zero-order valence-electron chi connectivity index (χ0n) is 16.3. The Labute approximate surface area is 153 Å². The third kappa shape index (κ3) is 3.26. The first kappa shape index (κ1) is 18.9. The molecule has 1 fully saturated rings. The topological polar surface area (TPSA) is 49.7 Å². The smallest absolute Gasteiger partial charge is 0.443 e. The number of rotatable bonds is 1. The van der Waals surface area contributed by atoms with E-state index in [9.17, 15) is 9.18 Å². The zero-order valence-corrected chi connectivity index (χ0v) is 16.3. The Hall–Kier alpha value is -1.86. The molecule has 0 saturated carbocycles. The van der Waals surface area contributed by atoms with Crippen molar-refractivity contribution in [2.75, 3.05) is 0 Å². The molecule has 1 aliphatic heterocycles. The van der Waals surface area contributed by atoms with Crippen LogP contribution >= 0.6 is 0 Å². The van der Waals surface area contributed by atoms with E-state index in [2.05, 4.69) is 0 Å². The summed E-state index contributed by atoms with van der Waals surface area (Å²) in [5, 5.41) is 0.564. The van der Waals surface area contributed by atoms with Crippen molar-refractivity contribution < 1.29 is 23.2 Å². The highest BCUT2D eigenvalue weighted by Gasteiger charge is 2.52. The van der Waals surface area contributed by atoms with Gasteiger partial charge in [0.2, 0.25) is 0 Å². The maximum Gasteiger partial charge on any atom is 0.497 e. The minimum atomic E-state index is -0.701. The second-order valence-corrected chi connectivity index (χ2v) is 8.68. The fourth-order valence-electron chi connectivity index (χ4n) is 2.85. The minimum Gasteiger partial charge on any atom is -0.443 e. The van der Waals surface area contributed by atoms with Crippen molar-refractivity contribution in [3.05, 3.63) is 30.2 Å². The summed E-state index contributed by atoms with van der Waals surface area (Å²) in [5.74, 6) is -0.391. The fraction of sp³-hybridized carbons (Fsp3) is 0.526. The van der Waals surface area contributed by atoms with E-state index >= 15 is 0 Å². The molecule has 0 aliphatic carbocycles. The van der Waals surface area contributed by atoms with Crippen LogP contribution in [0.4, 0.5) is 9.18 Å². The highest BCUT2D eigenvalue weighted by molar-refractivity contribution is 6.65. The van der Waals surface area contributed by atoms with E-state index in [1.807, 2.05) is 27.7 Å². The molecule has 1 aromatic heterocycles. The van der Waals surface area contributed by atoms with Gasteiger partial charge in [0, 0.05) is 17.0 Å². The lowest BCUT2D eigenvalue weighted by molar-refractivity contribution is 0.00578. The summed E-state index contributed by atoms with van der Waals surface area (Å²) in [4.78, 5) is 12.6. The summed E-state index contributed by atoms with van der Waals surface area (Å²) in [6.07, 6.45) is 1.08. The fourth-order valence-corrected chi connectivity index (χ4v) is 2.85. The first-order chi connectivity index (χ1) is 11.8. The Morgan fingerprint density at radius 3 is 2.27 bits per heavy atom. The SMILES string of the molecule is CC(C)(C)OC(=O)n1cc(B2OC(C)(C)C(C)(C)O2)c2cc(F)ccc21. The van der Waals surface area contributed by atoms with Crippen molar-refractivity contribution in [3.63, 3.8) is 0 Å². The Morgan fingerprint density at radius 1 is 1.15 bits per heavy atom. The van der Waals surface area contributed by atoms with Crippen LogP contribution in [-0.2, 0) is 14.0 Å². The molecule has 140 valence electrons. The molecular weight excluding hydrogens is 336 g/mol. The predicted octanol–water partition coefficient (Wildman–Crippen LogP) is 3.86. The van der Waals surface area contributed by atoms with Crippen LogP contribution in [0, 0.1) is 5.82 Å². The van der Waals surface area contributed by atoms with Gasteiger partial charge in [-0.15, -0.1) is 0 Å². The predicted molar refractivity (Wildman–Crippen MR) is 99.2 cm³/mol. The molecule has 2 heterocycles. The molecule has 0 spiro atoms. The number of benzene rings is 1. The average molecular weight is 361 g/mol. The molecule has 5 nitrogen and oxygen atoms in total. The number of nitrogens with zero attached hydrogens (tertiary/aromatic N) is 1. The van der Waals surface area contributed by atoms with E-state index in [1.165, 1.54) is 16.7 Å². The van der Waals surface area contributed by atoms with Crippen LogP contribution in [0.2, 0.25) is 0 Å². The Morgan fingerprint density at radius 2 is 1.73 bits per heavy atom. The van der Waals surface area contributed by atoms with Gasteiger partial charge >= 0.3 is 13.2 Å². The second kappa shape index (κ2) is 5.82. The lowest BCUT2D eigenvalue weighted by Gasteiger charge is -2.32. The van der Waals surface area contributed by atoms with Gasteiger partial charge in [-0.2, -0.15) is 0 Å². The normalized spacial score (nSPS) is 19.2. The molecule has 0 amide bonds. The maximum atomic E-state index is 13.9. The zero-order chi connectivity index (χ0) is 19.5. The monoisotopic (exact) mass is 361 g/mol. The molecule has 0 unspecified atom stereocenters. The van der Waals surface area contributed by atoms with Crippen LogP contribution in [0.5, 0.6) is 0 Å². The Bertz CT molecular complexity index is 850. The number of aromatic nitrogens is 1. The number of hydrogen-bond donors (Lipinski definition) is 0. The Kier molecular flexibility index (Phi) is 4.24. The third-order valence-corrected chi connectivity index (χ3v) is 4.89. The van der Waals surface area contributed by atoms with Crippen molar-refractivity contribution in [2.24, 2.45) is 0 Å². The van der Waals surface area contributed by atoms with Gasteiger partial charge in [0.1, 0.15) is 11.4 Å². The van der Waals surface area contributed by atoms with E-state index < -0.39 is 35.8 Å².